The Morgan fingerprint density at radius 3 is 2.54 bits per heavy atom. The fourth-order valence-electron chi connectivity index (χ4n) is 3.63. The molecule has 2 amide bonds. The first kappa shape index (κ1) is 16.9. The molecule has 3 N–H and O–H groups in total. The van der Waals surface area contributed by atoms with E-state index in [2.05, 4.69) is 10.1 Å². The Kier molecular flexibility index (Phi) is 4.58. The Morgan fingerprint density at radius 2 is 1.92 bits per heavy atom. The van der Waals surface area contributed by atoms with Crippen LogP contribution in [0.1, 0.15) is 19.3 Å². The number of urea groups is 1. The van der Waals surface area contributed by atoms with Crippen molar-refractivity contribution in [1.82, 2.24) is 4.90 Å². The van der Waals surface area contributed by atoms with E-state index >= 15 is 0 Å². The number of fused-ring (bicyclic) bond motifs is 1. The van der Waals surface area contributed by atoms with Gasteiger partial charge in [0.05, 0.1) is 0 Å². The largest absolute Gasteiger partial charge is 0.573 e. The lowest BCUT2D eigenvalue weighted by Crippen LogP contribution is -2.39. The molecule has 3 unspecified atom stereocenters. The summed E-state index contributed by atoms with van der Waals surface area (Å²) in [7, 11) is 0. The Balaban J connectivity index is 1.57. The molecule has 2 aliphatic rings. The molecule has 132 valence electrons. The van der Waals surface area contributed by atoms with Gasteiger partial charge in [0, 0.05) is 24.8 Å². The maximum atomic E-state index is 12.3. The number of hydrogen-bond acceptors (Lipinski definition) is 3. The molecule has 1 aliphatic heterocycles. The number of ether oxygens (including phenoxy) is 1. The maximum Gasteiger partial charge on any atom is 0.573 e. The normalized spacial score (nSPS) is 26.8. The van der Waals surface area contributed by atoms with Gasteiger partial charge in [0.1, 0.15) is 5.75 Å². The number of alkyl halides is 3. The number of benzene rings is 1. The lowest BCUT2D eigenvalue weighted by molar-refractivity contribution is -0.274. The number of amides is 2. The number of nitrogens with two attached hydrogens (primary N) is 1. The molecule has 3 rings (SSSR count). The van der Waals surface area contributed by atoms with Crippen molar-refractivity contribution in [2.45, 2.75) is 31.7 Å². The van der Waals surface area contributed by atoms with Gasteiger partial charge in [0.25, 0.3) is 0 Å². The molecule has 24 heavy (non-hydrogen) atoms. The molecule has 2 fully saturated rings. The highest BCUT2D eigenvalue weighted by atomic mass is 19.4. The first-order valence-electron chi connectivity index (χ1n) is 7.99. The van der Waals surface area contributed by atoms with E-state index in [0.29, 0.717) is 30.6 Å². The van der Waals surface area contributed by atoms with Gasteiger partial charge in [0.15, 0.2) is 0 Å². The number of hydrogen-bond donors (Lipinski definition) is 2. The average Bonchev–Trinajstić information content (AvgIpc) is 2.93. The molecule has 8 heteroatoms. The molecule has 0 bridgehead atoms. The minimum atomic E-state index is -4.73. The Bertz CT molecular complexity index is 591. The second kappa shape index (κ2) is 6.51. The predicted molar refractivity (Wildman–Crippen MR) is 82.5 cm³/mol. The number of nitrogens with zero attached hydrogens (tertiary/aromatic N) is 1. The molecule has 1 saturated heterocycles. The zero-order valence-corrected chi connectivity index (χ0v) is 13.1. The first-order valence-corrected chi connectivity index (χ1v) is 7.99. The third kappa shape index (κ3) is 3.92. The smallest absolute Gasteiger partial charge is 0.406 e. The Morgan fingerprint density at radius 1 is 1.21 bits per heavy atom. The van der Waals surface area contributed by atoms with Crippen LogP contribution in [0.25, 0.3) is 0 Å². The number of likely N-dealkylation sites (tertiary alicyclic amines) is 1. The average molecular weight is 343 g/mol. The molecular weight excluding hydrogens is 323 g/mol. The standard InChI is InChI=1S/C16H20F3N3O2/c17-16(18,19)24-12-6-4-11(5-7-12)21-15(23)22-8-10-2-1-3-14(20)13(10)9-22/h4-7,10,13-14H,1-3,8-9,20H2,(H,21,23). The third-order valence-electron chi connectivity index (χ3n) is 4.78. The molecule has 1 saturated carbocycles. The highest BCUT2D eigenvalue weighted by Crippen LogP contribution is 2.35. The maximum absolute atomic E-state index is 12.3. The topological polar surface area (TPSA) is 67.6 Å². The van der Waals surface area contributed by atoms with E-state index in [9.17, 15) is 18.0 Å². The van der Waals surface area contributed by atoms with E-state index < -0.39 is 6.36 Å². The van der Waals surface area contributed by atoms with E-state index in [-0.39, 0.29) is 17.8 Å². The summed E-state index contributed by atoms with van der Waals surface area (Å²) >= 11 is 0. The molecule has 1 heterocycles. The number of anilines is 1. The van der Waals surface area contributed by atoms with E-state index in [4.69, 9.17) is 5.73 Å². The van der Waals surface area contributed by atoms with Gasteiger partial charge in [-0.05, 0) is 48.9 Å². The zero-order chi connectivity index (χ0) is 17.3. The predicted octanol–water partition coefficient (Wildman–Crippen LogP) is 3.18. The fourth-order valence-corrected chi connectivity index (χ4v) is 3.63. The number of carbonyl (C=O) groups is 1. The molecule has 1 aliphatic carbocycles. The van der Waals surface area contributed by atoms with Crippen LogP contribution >= 0.6 is 0 Å². The quantitative estimate of drug-likeness (QED) is 0.867. The minimum absolute atomic E-state index is 0.139. The van der Waals surface area contributed by atoms with Crippen LogP contribution in [-0.4, -0.2) is 36.4 Å². The molecule has 1 aromatic carbocycles. The Labute approximate surface area is 137 Å². The van der Waals surface area contributed by atoms with Crippen LogP contribution in [0, 0.1) is 11.8 Å². The molecule has 0 spiro atoms. The van der Waals surface area contributed by atoms with Crippen molar-refractivity contribution < 1.29 is 22.7 Å². The highest BCUT2D eigenvalue weighted by molar-refractivity contribution is 5.89. The van der Waals surface area contributed by atoms with Crippen molar-refractivity contribution >= 4 is 11.7 Å². The van der Waals surface area contributed by atoms with E-state index in [0.717, 1.165) is 19.3 Å². The van der Waals surface area contributed by atoms with Crippen LogP contribution in [0.4, 0.5) is 23.7 Å². The second-order valence-electron chi connectivity index (χ2n) is 6.43. The number of nitrogens with one attached hydrogen (secondary N) is 1. The lowest BCUT2D eigenvalue weighted by Gasteiger charge is -2.29. The molecule has 1 aromatic rings. The van der Waals surface area contributed by atoms with Crippen LogP contribution < -0.4 is 15.8 Å². The first-order chi connectivity index (χ1) is 11.3. The fraction of sp³-hybridized carbons (Fsp3) is 0.562. The van der Waals surface area contributed by atoms with Crippen LogP contribution in [0.5, 0.6) is 5.75 Å². The van der Waals surface area contributed by atoms with Gasteiger partial charge in [0.2, 0.25) is 0 Å². The molecule has 3 atom stereocenters. The van der Waals surface area contributed by atoms with E-state index in [1.807, 2.05) is 0 Å². The van der Waals surface area contributed by atoms with Crippen molar-refractivity contribution in [3.63, 3.8) is 0 Å². The van der Waals surface area contributed by atoms with Crippen molar-refractivity contribution in [3.05, 3.63) is 24.3 Å². The summed E-state index contributed by atoms with van der Waals surface area (Å²) in [5.41, 5.74) is 6.56. The zero-order valence-electron chi connectivity index (χ0n) is 13.1. The van der Waals surface area contributed by atoms with E-state index in [1.54, 1.807) is 4.90 Å². The van der Waals surface area contributed by atoms with Gasteiger partial charge in [-0.2, -0.15) is 0 Å². The van der Waals surface area contributed by atoms with Crippen molar-refractivity contribution in [3.8, 4) is 5.75 Å². The van der Waals surface area contributed by atoms with Gasteiger partial charge in [-0.3, -0.25) is 0 Å². The lowest BCUT2D eigenvalue weighted by atomic mass is 9.78. The van der Waals surface area contributed by atoms with Crippen LogP contribution in [0.2, 0.25) is 0 Å². The molecule has 0 radical (unpaired) electrons. The van der Waals surface area contributed by atoms with Gasteiger partial charge in [-0.25, -0.2) is 4.79 Å². The summed E-state index contributed by atoms with van der Waals surface area (Å²) in [4.78, 5) is 14.1. The van der Waals surface area contributed by atoms with Gasteiger partial charge in [-0.15, -0.1) is 13.2 Å². The second-order valence-corrected chi connectivity index (χ2v) is 6.43. The van der Waals surface area contributed by atoms with Gasteiger partial charge >= 0.3 is 12.4 Å². The number of carbonyl (C=O) groups excluding carboxylic acids is 1. The summed E-state index contributed by atoms with van der Waals surface area (Å²) in [6.45, 7) is 1.31. The van der Waals surface area contributed by atoms with Crippen LogP contribution in [0.15, 0.2) is 24.3 Å². The summed E-state index contributed by atoms with van der Waals surface area (Å²) in [5, 5.41) is 2.71. The number of rotatable bonds is 2. The molecule has 5 nitrogen and oxygen atoms in total. The highest BCUT2D eigenvalue weighted by Gasteiger charge is 2.40. The summed E-state index contributed by atoms with van der Waals surface area (Å²) in [5.74, 6) is 0.466. The van der Waals surface area contributed by atoms with Crippen LogP contribution in [-0.2, 0) is 0 Å². The van der Waals surface area contributed by atoms with Crippen molar-refractivity contribution in [1.29, 1.82) is 0 Å². The molecule has 0 aromatic heterocycles. The van der Waals surface area contributed by atoms with Crippen LogP contribution in [0.3, 0.4) is 0 Å². The van der Waals surface area contributed by atoms with Gasteiger partial charge < -0.3 is 20.7 Å². The summed E-state index contributed by atoms with van der Waals surface area (Å²) in [6, 6.07) is 4.99. The number of halogens is 3. The molecular formula is C16H20F3N3O2. The summed E-state index contributed by atoms with van der Waals surface area (Å²) in [6.07, 6.45) is -1.54. The third-order valence-corrected chi connectivity index (χ3v) is 4.78. The monoisotopic (exact) mass is 343 g/mol. The summed E-state index contributed by atoms with van der Waals surface area (Å²) < 4.78 is 40.2. The van der Waals surface area contributed by atoms with Crippen molar-refractivity contribution in [2.75, 3.05) is 18.4 Å². The van der Waals surface area contributed by atoms with Gasteiger partial charge in [-0.1, -0.05) is 6.42 Å². The van der Waals surface area contributed by atoms with Crippen molar-refractivity contribution in [2.24, 2.45) is 17.6 Å². The SMILES string of the molecule is NC1CCCC2CN(C(=O)Nc3ccc(OC(F)(F)F)cc3)CC12. The Hall–Kier alpha value is -1.96. The minimum Gasteiger partial charge on any atom is -0.406 e. The van der Waals surface area contributed by atoms with E-state index in [1.165, 1.54) is 24.3 Å².